The van der Waals surface area contributed by atoms with Gasteiger partial charge in [0.05, 0.1) is 13.2 Å². The lowest BCUT2D eigenvalue weighted by molar-refractivity contribution is -0.120. The molecule has 4 nitrogen and oxygen atoms in total. The average Bonchev–Trinajstić information content (AvgIpc) is 2.82. The quantitative estimate of drug-likeness (QED) is 0.648. The first-order chi connectivity index (χ1) is 6.84. The molecule has 1 unspecified atom stereocenters. The normalized spacial score (nSPS) is 26.4. The van der Waals surface area contributed by atoms with Crippen LogP contribution in [0.3, 0.4) is 0 Å². The fourth-order valence-electron chi connectivity index (χ4n) is 1.64. The van der Waals surface area contributed by atoms with Gasteiger partial charge in [0.25, 0.3) is 0 Å². The fourth-order valence-corrected chi connectivity index (χ4v) is 1.64. The molecule has 4 heteroatoms. The maximum atomic E-state index is 11.3. The largest absolute Gasteiger partial charge is 0.381 e. The molecule has 0 aromatic carbocycles. The Kier molecular flexibility index (Phi) is 3.37. The molecule has 2 aliphatic rings. The summed E-state index contributed by atoms with van der Waals surface area (Å²) in [5, 5.41) is 6.11. The van der Waals surface area contributed by atoms with E-state index in [1.165, 1.54) is 0 Å². The van der Waals surface area contributed by atoms with E-state index < -0.39 is 0 Å². The van der Waals surface area contributed by atoms with Gasteiger partial charge in [0.15, 0.2) is 0 Å². The first kappa shape index (κ1) is 9.93. The zero-order valence-electron chi connectivity index (χ0n) is 8.42. The SMILES string of the molecule is O=C(CNCC1CCOC1)NC1CC1. The van der Waals surface area contributed by atoms with Crippen molar-refractivity contribution in [1.29, 1.82) is 0 Å². The second-order valence-corrected chi connectivity index (χ2v) is 4.20. The minimum absolute atomic E-state index is 0.131. The van der Waals surface area contributed by atoms with Gasteiger partial charge < -0.3 is 15.4 Å². The van der Waals surface area contributed by atoms with Crippen LogP contribution in [0.15, 0.2) is 0 Å². The Balaban J connectivity index is 1.50. The Morgan fingerprint density at radius 3 is 2.86 bits per heavy atom. The third-order valence-electron chi connectivity index (χ3n) is 2.69. The van der Waals surface area contributed by atoms with Crippen LogP contribution in [0.25, 0.3) is 0 Å². The number of ether oxygens (including phenoxy) is 1. The van der Waals surface area contributed by atoms with Crippen molar-refractivity contribution in [1.82, 2.24) is 10.6 Å². The summed E-state index contributed by atoms with van der Waals surface area (Å²) in [5.41, 5.74) is 0. The minimum Gasteiger partial charge on any atom is -0.381 e. The number of hydrogen-bond donors (Lipinski definition) is 2. The van der Waals surface area contributed by atoms with Crippen molar-refractivity contribution in [3.63, 3.8) is 0 Å². The van der Waals surface area contributed by atoms with Gasteiger partial charge in [0.1, 0.15) is 0 Å². The molecule has 1 amide bonds. The molecule has 0 aromatic heterocycles. The summed E-state index contributed by atoms with van der Waals surface area (Å²) < 4.78 is 5.25. The fraction of sp³-hybridized carbons (Fsp3) is 0.900. The van der Waals surface area contributed by atoms with E-state index >= 15 is 0 Å². The van der Waals surface area contributed by atoms with Gasteiger partial charge in [-0.15, -0.1) is 0 Å². The molecule has 14 heavy (non-hydrogen) atoms. The van der Waals surface area contributed by atoms with Crippen LogP contribution in [0.1, 0.15) is 19.3 Å². The summed E-state index contributed by atoms with van der Waals surface area (Å²) in [6.07, 6.45) is 3.43. The number of rotatable bonds is 5. The van der Waals surface area contributed by atoms with Crippen molar-refractivity contribution in [3.8, 4) is 0 Å². The van der Waals surface area contributed by atoms with Crippen molar-refractivity contribution in [2.45, 2.75) is 25.3 Å². The Morgan fingerprint density at radius 1 is 1.36 bits per heavy atom. The smallest absolute Gasteiger partial charge is 0.234 e. The van der Waals surface area contributed by atoms with Crippen LogP contribution in [0.4, 0.5) is 0 Å². The summed E-state index contributed by atoms with van der Waals surface area (Å²) >= 11 is 0. The third kappa shape index (κ3) is 3.27. The van der Waals surface area contributed by atoms with Gasteiger partial charge in [0, 0.05) is 19.2 Å². The van der Waals surface area contributed by atoms with E-state index in [0.717, 1.165) is 39.0 Å². The van der Waals surface area contributed by atoms with E-state index in [4.69, 9.17) is 4.74 Å². The van der Waals surface area contributed by atoms with Gasteiger partial charge >= 0.3 is 0 Å². The molecule has 0 spiro atoms. The highest BCUT2D eigenvalue weighted by Crippen LogP contribution is 2.18. The van der Waals surface area contributed by atoms with Crippen LogP contribution < -0.4 is 10.6 Å². The highest BCUT2D eigenvalue weighted by Gasteiger charge is 2.23. The lowest BCUT2D eigenvalue weighted by atomic mass is 10.1. The number of carbonyl (C=O) groups excluding carboxylic acids is 1. The second-order valence-electron chi connectivity index (χ2n) is 4.20. The molecule has 80 valence electrons. The van der Waals surface area contributed by atoms with Crippen molar-refractivity contribution in [3.05, 3.63) is 0 Å². The van der Waals surface area contributed by atoms with E-state index in [1.54, 1.807) is 0 Å². The van der Waals surface area contributed by atoms with Gasteiger partial charge in [-0.25, -0.2) is 0 Å². The summed E-state index contributed by atoms with van der Waals surface area (Å²) in [4.78, 5) is 11.3. The lowest BCUT2D eigenvalue weighted by Crippen LogP contribution is -2.37. The molecule has 0 bridgehead atoms. The third-order valence-corrected chi connectivity index (χ3v) is 2.69. The molecule has 1 saturated carbocycles. The van der Waals surface area contributed by atoms with E-state index in [-0.39, 0.29) is 5.91 Å². The zero-order chi connectivity index (χ0) is 9.80. The van der Waals surface area contributed by atoms with Crippen LogP contribution in [-0.4, -0.2) is 38.3 Å². The van der Waals surface area contributed by atoms with Crippen LogP contribution in [-0.2, 0) is 9.53 Å². The van der Waals surface area contributed by atoms with Gasteiger partial charge in [-0.05, 0) is 25.2 Å². The molecule has 2 rings (SSSR count). The van der Waals surface area contributed by atoms with Crippen molar-refractivity contribution >= 4 is 5.91 Å². The van der Waals surface area contributed by atoms with Crippen molar-refractivity contribution in [2.75, 3.05) is 26.3 Å². The number of hydrogen-bond acceptors (Lipinski definition) is 3. The zero-order valence-corrected chi connectivity index (χ0v) is 8.42. The van der Waals surface area contributed by atoms with Crippen LogP contribution in [0.2, 0.25) is 0 Å². The van der Waals surface area contributed by atoms with E-state index in [9.17, 15) is 4.79 Å². The Hall–Kier alpha value is -0.610. The summed E-state index contributed by atoms with van der Waals surface area (Å²) in [5.74, 6) is 0.732. The van der Waals surface area contributed by atoms with E-state index in [1.807, 2.05) is 0 Å². The van der Waals surface area contributed by atoms with Gasteiger partial charge in [-0.2, -0.15) is 0 Å². The second kappa shape index (κ2) is 4.75. The molecule has 2 N–H and O–H groups in total. The molecule has 1 saturated heterocycles. The highest BCUT2D eigenvalue weighted by molar-refractivity contribution is 5.78. The van der Waals surface area contributed by atoms with Gasteiger partial charge in [-0.1, -0.05) is 0 Å². The molecule has 0 radical (unpaired) electrons. The monoisotopic (exact) mass is 198 g/mol. The molecule has 0 aromatic rings. The first-order valence-electron chi connectivity index (χ1n) is 5.42. The number of carbonyl (C=O) groups is 1. The highest BCUT2D eigenvalue weighted by atomic mass is 16.5. The Bertz CT molecular complexity index is 198. The topological polar surface area (TPSA) is 50.4 Å². The molecular formula is C10H18N2O2. The molecule has 2 fully saturated rings. The predicted octanol–water partition coefficient (Wildman–Crippen LogP) is -0.109. The molecule has 1 atom stereocenters. The van der Waals surface area contributed by atoms with Crippen LogP contribution in [0.5, 0.6) is 0 Å². The lowest BCUT2D eigenvalue weighted by Gasteiger charge is -2.09. The average molecular weight is 198 g/mol. The Labute approximate surface area is 84.4 Å². The van der Waals surface area contributed by atoms with Crippen molar-refractivity contribution in [2.24, 2.45) is 5.92 Å². The molecule has 1 aliphatic heterocycles. The predicted molar refractivity (Wildman–Crippen MR) is 53.0 cm³/mol. The van der Waals surface area contributed by atoms with Crippen LogP contribution >= 0.6 is 0 Å². The minimum atomic E-state index is 0.131. The number of amides is 1. The maximum Gasteiger partial charge on any atom is 0.234 e. The molecule has 1 heterocycles. The van der Waals surface area contributed by atoms with Gasteiger partial charge in [-0.3, -0.25) is 4.79 Å². The summed E-state index contributed by atoms with van der Waals surface area (Å²) in [7, 11) is 0. The molecular weight excluding hydrogens is 180 g/mol. The van der Waals surface area contributed by atoms with Crippen LogP contribution in [0, 0.1) is 5.92 Å². The maximum absolute atomic E-state index is 11.3. The van der Waals surface area contributed by atoms with Gasteiger partial charge in [0.2, 0.25) is 5.91 Å². The summed E-state index contributed by atoms with van der Waals surface area (Å²) in [6.45, 7) is 3.07. The van der Waals surface area contributed by atoms with Crippen molar-refractivity contribution < 1.29 is 9.53 Å². The first-order valence-corrected chi connectivity index (χ1v) is 5.42. The summed E-state index contributed by atoms with van der Waals surface area (Å²) in [6, 6.07) is 0.471. The molecule has 1 aliphatic carbocycles. The van der Waals surface area contributed by atoms with E-state index in [0.29, 0.717) is 18.5 Å². The number of nitrogens with one attached hydrogen (secondary N) is 2. The van der Waals surface area contributed by atoms with E-state index in [2.05, 4.69) is 10.6 Å². The standard InChI is InChI=1S/C10H18N2O2/c13-10(12-9-1-2-9)6-11-5-8-3-4-14-7-8/h8-9,11H,1-7H2,(H,12,13). The Morgan fingerprint density at radius 2 is 2.21 bits per heavy atom.